The Balaban J connectivity index is 0.00000125. The number of aliphatic hydroxyl groups is 8. The van der Waals surface area contributed by atoms with Crippen molar-refractivity contribution < 1.29 is 108 Å². The fraction of sp³-hybridized carbons (Fsp3) is 0.761. The number of Topliss-reactive ketones (excluding diaryl/α,β-unsaturated/α-hetero) is 4. The lowest BCUT2D eigenvalue weighted by Crippen LogP contribution is -2.55. The first-order valence-electron chi connectivity index (χ1n) is 31.9. The number of ether oxygens (including phenoxy) is 6. The van der Waals surface area contributed by atoms with Gasteiger partial charge in [-0.15, -0.1) is 0 Å². The van der Waals surface area contributed by atoms with E-state index in [1.54, 1.807) is 95.2 Å². The van der Waals surface area contributed by atoms with Crippen LogP contribution in [0.15, 0.2) is 53.7 Å². The highest BCUT2D eigenvalue weighted by molar-refractivity contribution is 5.97. The molecule has 5 unspecified atom stereocenters. The molecule has 3 aliphatic rings. The van der Waals surface area contributed by atoms with E-state index in [0.717, 1.165) is 65.6 Å². The Bertz CT molecular complexity index is 2500. The molecule has 9 atom stereocenters. The Morgan fingerprint density at radius 1 is 0.505 bits per heavy atom. The normalized spacial score (nSPS) is 21.7. The maximum Gasteiger partial charge on any atom is 0.308 e. The van der Waals surface area contributed by atoms with Gasteiger partial charge in [-0.3, -0.25) is 48.2 Å². The molecule has 544 valence electrons. The SMILES string of the molecule is COC(=O)C[C@](O)(C/C=C/CN1CCNCC1)C(=O)C(C)(C)C.COC(=O)C[C@](O)(C/C=C/CN1CCOCC1)C(=O)C(C)(C)C.COC(=O)C[C@](O)(C/C=C/CN=[N+]=[N-])C(=O)C(C)(C)C.COC(=O)C[C@](O)(C/C=C/COC1CC(CO)C(O)C(O)C1O)C(=O)C(C)(C)C. The molecule has 2 aliphatic heterocycles. The monoisotopic (exact) mass is 1350 g/mol. The molecule has 0 amide bonds. The highest BCUT2D eigenvalue weighted by Crippen LogP contribution is 2.34. The number of nitrogens with zero attached hydrogens (tertiary/aromatic N) is 5. The molecule has 3 fully saturated rings. The molecule has 1 saturated carbocycles. The molecule has 3 rings (SSSR count). The Morgan fingerprint density at radius 2 is 0.832 bits per heavy atom. The number of azide groups is 1. The van der Waals surface area contributed by atoms with E-state index in [1.165, 1.54) is 52.7 Å². The fourth-order valence-electron chi connectivity index (χ4n) is 10.3. The minimum Gasteiger partial charge on any atom is -0.469 e. The summed E-state index contributed by atoms with van der Waals surface area (Å²) in [6.07, 6.45) is 7.39. The number of nitrogens with one attached hydrogen (secondary N) is 1. The number of carbonyl (C=O) groups is 8. The standard InChI is InChI=1S/C20H34O9.C17H30N2O4.C17H29NO5.C13H21N3O4/c1-19(2,3)18(26)20(27,10-14(22)28-4)7-5-6-8-29-13-9-12(11-21)15(23)17(25)16(13)24;1-16(2,3)15(21)17(22,13-14(20)23-4)7-5-6-10-19-11-8-18-9-12-19;1-16(2,3)15(20)17(21,13-14(19)22-4)7-5-6-8-18-9-11-23-12-10-18;1-12(2,3)11(18)13(19,9-10(17)20-4)7-5-6-8-15-16-14/h5-6,12-13,15-17,21,23-25,27H,7-11H2,1-4H3;5-6,18,22H,7-13H2,1-4H3;5-6,21H,7-13H2,1-4H3;5-6,19H,7-9H2,1-4H3/b4*6-5+/t12?,13?,15?,16?,17?,20-;2*17-;13-/m1111/s1. The van der Waals surface area contributed by atoms with Gasteiger partial charge in [0.25, 0.3) is 0 Å². The molecule has 2 heterocycles. The molecular weight excluding hydrogens is 1240 g/mol. The lowest BCUT2D eigenvalue weighted by Gasteiger charge is -2.39. The highest BCUT2D eigenvalue weighted by Gasteiger charge is 2.47. The number of methoxy groups -OCH3 is 4. The van der Waals surface area contributed by atoms with E-state index in [1.807, 2.05) is 12.2 Å². The van der Waals surface area contributed by atoms with Crippen molar-refractivity contribution in [2.24, 2.45) is 32.7 Å². The second kappa shape index (κ2) is 42.2. The Kier molecular flexibility index (Phi) is 39.7. The summed E-state index contributed by atoms with van der Waals surface area (Å²) in [6.45, 7) is 28.7. The first-order valence-corrected chi connectivity index (χ1v) is 31.9. The van der Waals surface area contributed by atoms with Gasteiger partial charge in [-0.1, -0.05) is 137 Å². The van der Waals surface area contributed by atoms with E-state index in [2.05, 4.69) is 44.1 Å². The van der Waals surface area contributed by atoms with Gasteiger partial charge in [0.2, 0.25) is 0 Å². The van der Waals surface area contributed by atoms with Crippen LogP contribution in [0.5, 0.6) is 0 Å². The van der Waals surface area contributed by atoms with Gasteiger partial charge in [-0.05, 0) is 12.0 Å². The number of ketones is 4. The van der Waals surface area contributed by atoms with Crippen LogP contribution in [-0.4, -0.2) is 258 Å². The summed E-state index contributed by atoms with van der Waals surface area (Å²) < 4.78 is 29.1. The molecule has 0 aromatic rings. The van der Waals surface area contributed by atoms with Crippen LogP contribution < -0.4 is 5.32 Å². The van der Waals surface area contributed by atoms with E-state index >= 15 is 0 Å². The summed E-state index contributed by atoms with van der Waals surface area (Å²) in [5.41, 5.74) is -2.18. The largest absolute Gasteiger partial charge is 0.469 e. The molecule has 0 aromatic carbocycles. The summed E-state index contributed by atoms with van der Waals surface area (Å²) in [7, 11) is 4.87. The van der Waals surface area contributed by atoms with E-state index in [9.17, 15) is 79.2 Å². The second-order valence-corrected chi connectivity index (χ2v) is 28.1. The molecule has 0 bridgehead atoms. The highest BCUT2D eigenvalue weighted by atomic mass is 16.5. The van der Waals surface area contributed by atoms with Gasteiger partial charge in [-0.25, -0.2) is 0 Å². The second-order valence-electron chi connectivity index (χ2n) is 28.1. The van der Waals surface area contributed by atoms with Gasteiger partial charge >= 0.3 is 23.9 Å². The predicted octanol–water partition coefficient (Wildman–Crippen LogP) is 3.40. The summed E-state index contributed by atoms with van der Waals surface area (Å²) in [5.74, 6) is -4.79. The van der Waals surface area contributed by atoms with Crippen molar-refractivity contribution in [3.63, 3.8) is 0 Å². The van der Waals surface area contributed by atoms with E-state index in [0.29, 0.717) is 0 Å². The van der Waals surface area contributed by atoms with Crippen LogP contribution >= 0.6 is 0 Å². The van der Waals surface area contributed by atoms with Gasteiger partial charge in [0.05, 0.1) is 86.2 Å². The number of carbonyl (C=O) groups excluding carboxylic acids is 8. The third kappa shape index (κ3) is 32.9. The minimum atomic E-state index is -1.92. The minimum absolute atomic E-state index is 0.000697. The molecule has 28 heteroatoms. The van der Waals surface area contributed by atoms with Crippen molar-refractivity contribution >= 4 is 47.0 Å². The van der Waals surface area contributed by atoms with Crippen molar-refractivity contribution in [2.45, 2.75) is 188 Å². The smallest absolute Gasteiger partial charge is 0.308 e. The van der Waals surface area contributed by atoms with Crippen LogP contribution in [-0.2, 0) is 66.8 Å². The summed E-state index contributed by atoms with van der Waals surface area (Å²) >= 11 is 0. The first-order chi connectivity index (χ1) is 43.9. The summed E-state index contributed by atoms with van der Waals surface area (Å²) in [4.78, 5) is 103. The van der Waals surface area contributed by atoms with E-state index < -0.39 is 123 Å². The third-order valence-electron chi connectivity index (χ3n) is 15.6. The molecule has 1 aliphatic carbocycles. The molecule has 0 spiro atoms. The van der Waals surface area contributed by atoms with Crippen LogP contribution in [0.4, 0.5) is 0 Å². The van der Waals surface area contributed by atoms with Crippen LogP contribution in [0.2, 0.25) is 0 Å². The zero-order valence-electron chi connectivity index (χ0n) is 59.1. The van der Waals surface area contributed by atoms with Crippen molar-refractivity contribution in [3.05, 3.63) is 59.1 Å². The fourth-order valence-corrected chi connectivity index (χ4v) is 10.3. The van der Waals surface area contributed by atoms with Crippen molar-refractivity contribution in [1.29, 1.82) is 0 Å². The molecule has 0 radical (unpaired) electrons. The van der Waals surface area contributed by atoms with Crippen LogP contribution in [0.25, 0.3) is 10.4 Å². The van der Waals surface area contributed by atoms with Crippen molar-refractivity contribution in [2.75, 3.05) is 114 Å². The van der Waals surface area contributed by atoms with Crippen LogP contribution in [0.1, 0.15) is 141 Å². The average molecular weight is 1360 g/mol. The van der Waals surface area contributed by atoms with Gasteiger partial charge < -0.3 is 74.6 Å². The van der Waals surface area contributed by atoms with Gasteiger partial charge in [0.1, 0.15) is 34.6 Å². The molecule has 9 N–H and O–H groups in total. The van der Waals surface area contributed by atoms with E-state index in [4.69, 9.17) is 15.0 Å². The number of esters is 4. The van der Waals surface area contributed by atoms with E-state index in [-0.39, 0.29) is 76.3 Å². The first kappa shape index (κ1) is 89.3. The molecule has 95 heavy (non-hydrogen) atoms. The molecule has 2 saturated heterocycles. The van der Waals surface area contributed by atoms with Crippen molar-refractivity contribution in [3.8, 4) is 0 Å². The quantitative estimate of drug-likeness (QED) is 0.0124. The topological polar surface area (TPSA) is 421 Å². The number of hydrogen-bond donors (Lipinski definition) is 9. The Labute approximate surface area is 561 Å². The van der Waals surface area contributed by atoms with Crippen LogP contribution in [0.3, 0.4) is 0 Å². The Hall–Kier alpha value is -5.69. The number of aliphatic hydroxyl groups excluding tert-OH is 4. The van der Waals surface area contributed by atoms with Gasteiger partial charge in [0.15, 0.2) is 23.1 Å². The van der Waals surface area contributed by atoms with Crippen LogP contribution in [0, 0.1) is 27.6 Å². The molecular formula is C67H114N6O22. The summed E-state index contributed by atoms with van der Waals surface area (Å²) in [6, 6.07) is 0. The lowest BCUT2D eigenvalue weighted by molar-refractivity contribution is -0.175. The van der Waals surface area contributed by atoms with Crippen molar-refractivity contribution in [1.82, 2.24) is 15.1 Å². The number of morpholine rings is 1. The lowest BCUT2D eigenvalue weighted by atomic mass is 9.77. The average Bonchev–Trinajstić information content (AvgIpc) is 0.850. The third-order valence-corrected chi connectivity index (χ3v) is 15.6. The number of hydrogen-bond acceptors (Lipinski definition) is 26. The van der Waals surface area contributed by atoms with Gasteiger partial charge in [0, 0.05) is 124 Å². The Morgan fingerprint density at radius 3 is 1.15 bits per heavy atom. The predicted molar refractivity (Wildman–Crippen MR) is 353 cm³/mol. The summed E-state index contributed by atoms with van der Waals surface area (Å²) in [5, 5.41) is 88.2. The van der Waals surface area contributed by atoms with Gasteiger partial charge in [-0.2, -0.15) is 0 Å². The maximum atomic E-state index is 12.6. The number of rotatable bonds is 30. The molecule has 28 nitrogen and oxygen atoms in total. The number of piperazine rings is 1. The maximum absolute atomic E-state index is 12.6. The molecule has 0 aromatic heterocycles. The zero-order valence-corrected chi connectivity index (χ0v) is 59.1. The zero-order chi connectivity index (χ0) is 73.2.